The summed E-state index contributed by atoms with van der Waals surface area (Å²) in [5, 5.41) is 0. The zero-order valence-corrected chi connectivity index (χ0v) is 15.6. The zero-order chi connectivity index (χ0) is 18.4. The number of aryl methyl sites for hydroxylation is 1. The molecule has 0 saturated heterocycles. The second-order valence-electron chi connectivity index (χ2n) is 7.88. The quantitative estimate of drug-likeness (QED) is 0.415. The van der Waals surface area contributed by atoms with E-state index in [2.05, 4.69) is 105 Å². The summed E-state index contributed by atoms with van der Waals surface area (Å²) in [6.45, 7) is 3.10. The van der Waals surface area contributed by atoms with Crippen LogP contribution < -0.4 is 14.1 Å². The molecule has 0 saturated carbocycles. The number of rotatable bonds is 1. The minimum Gasteiger partial charge on any atom is -0.320 e. The molecule has 3 aliphatic rings. The second-order valence-corrected chi connectivity index (χ2v) is 7.88. The van der Waals surface area contributed by atoms with Crippen molar-refractivity contribution in [2.75, 3.05) is 9.62 Å². The summed E-state index contributed by atoms with van der Waals surface area (Å²) in [5.41, 5.74) is 9.11. The molecule has 132 valence electrons. The van der Waals surface area contributed by atoms with Crippen molar-refractivity contribution in [3.63, 3.8) is 0 Å². The summed E-state index contributed by atoms with van der Waals surface area (Å²) in [5.74, 6) is 1.32. The van der Waals surface area contributed by atoms with Gasteiger partial charge in [-0.05, 0) is 37.3 Å². The number of benzene rings is 3. The lowest BCUT2D eigenvalue weighted by molar-refractivity contribution is -0.526. The maximum atomic E-state index is 2.50. The van der Waals surface area contributed by atoms with Gasteiger partial charge in [-0.1, -0.05) is 42.0 Å². The van der Waals surface area contributed by atoms with E-state index >= 15 is 0 Å². The standard InChI is InChI=1S/C23H18BN4/c1-16-9-11-18(12-10-16)27-19-6-2-3-7-20(19)28-21-8-4-5-17-15-25-13-14-26(24(27)28)23(25)22(17)21/h2-14H,15H2,1H3/q+1. The van der Waals surface area contributed by atoms with Crippen LogP contribution in [0.15, 0.2) is 79.1 Å². The van der Waals surface area contributed by atoms with Gasteiger partial charge in [0.05, 0.1) is 16.9 Å². The monoisotopic (exact) mass is 361 g/mol. The van der Waals surface area contributed by atoms with Gasteiger partial charge in [-0.25, -0.2) is 4.57 Å². The summed E-state index contributed by atoms with van der Waals surface area (Å²) >= 11 is 0. The van der Waals surface area contributed by atoms with E-state index in [-0.39, 0.29) is 7.12 Å². The zero-order valence-electron chi connectivity index (χ0n) is 15.6. The van der Waals surface area contributed by atoms with Gasteiger partial charge in [0, 0.05) is 16.9 Å². The topological polar surface area (TPSA) is 15.3 Å². The van der Waals surface area contributed by atoms with Gasteiger partial charge in [-0.3, -0.25) is 4.48 Å². The number of hydrogen-bond acceptors (Lipinski definition) is 2. The van der Waals surface area contributed by atoms with E-state index in [4.69, 9.17) is 0 Å². The molecule has 0 amide bonds. The Morgan fingerprint density at radius 3 is 2.39 bits per heavy atom. The number of hydrogen-bond donors (Lipinski definition) is 0. The molecule has 4 nitrogen and oxygen atoms in total. The Kier molecular flexibility index (Phi) is 2.54. The molecule has 0 spiro atoms. The van der Waals surface area contributed by atoms with Crippen molar-refractivity contribution in [2.45, 2.75) is 13.5 Å². The van der Waals surface area contributed by atoms with Crippen LogP contribution in [0.2, 0.25) is 0 Å². The third-order valence-corrected chi connectivity index (χ3v) is 6.30. The molecule has 5 heteroatoms. The van der Waals surface area contributed by atoms with Gasteiger partial charge in [-0.2, -0.15) is 0 Å². The van der Waals surface area contributed by atoms with Crippen molar-refractivity contribution >= 4 is 29.9 Å². The lowest BCUT2D eigenvalue weighted by Crippen LogP contribution is -2.68. The van der Waals surface area contributed by atoms with Gasteiger partial charge in [0.15, 0.2) is 0 Å². The number of fused-ring (bicyclic) bond motifs is 5. The fraction of sp³-hybridized carbons (Fsp3) is 0.0870. The van der Waals surface area contributed by atoms with Gasteiger partial charge < -0.3 is 9.62 Å². The highest BCUT2D eigenvalue weighted by Gasteiger charge is 2.56. The Morgan fingerprint density at radius 2 is 1.57 bits per heavy atom. The first-order valence-electron chi connectivity index (χ1n) is 9.78. The predicted molar refractivity (Wildman–Crippen MR) is 112 cm³/mol. The third-order valence-electron chi connectivity index (χ3n) is 6.30. The van der Waals surface area contributed by atoms with Crippen LogP contribution in [0.5, 0.6) is 0 Å². The van der Waals surface area contributed by atoms with Gasteiger partial charge in [0.25, 0.3) is 5.82 Å². The summed E-state index contributed by atoms with van der Waals surface area (Å²) in [7, 11) is 0.0669. The van der Waals surface area contributed by atoms with Crippen LogP contribution in [-0.4, -0.2) is 11.7 Å². The minimum atomic E-state index is 0.0669. The van der Waals surface area contributed by atoms with Crippen LogP contribution in [0, 0.1) is 6.92 Å². The summed E-state index contributed by atoms with van der Waals surface area (Å²) in [6, 6.07) is 24.4. The van der Waals surface area contributed by atoms with Crippen LogP contribution in [0.1, 0.15) is 11.1 Å². The predicted octanol–water partition coefficient (Wildman–Crippen LogP) is 4.25. The fourth-order valence-electron chi connectivity index (χ4n) is 5.11. The first kappa shape index (κ1) is 14.6. The van der Waals surface area contributed by atoms with Crippen molar-refractivity contribution in [3.05, 3.63) is 90.3 Å². The molecule has 0 aliphatic carbocycles. The molecule has 0 fully saturated rings. The minimum absolute atomic E-state index is 0.0669. The molecule has 0 bridgehead atoms. The Morgan fingerprint density at radius 1 is 0.821 bits per heavy atom. The summed E-state index contributed by atoms with van der Waals surface area (Å²) in [4.78, 5) is 4.96. The molecule has 0 N–H and O–H groups in total. The van der Waals surface area contributed by atoms with Crippen LogP contribution in [0.3, 0.4) is 0 Å². The second kappa shape index (κ2) is 4.87. The van der Waals surface area contributed by atoms with E-state index in [0.717, 1.165) is 6.54 Å². The van der Waals surface area contributed by atoms with E-state index in [0.29, 0.717) is 0 Å². The molecular weight excluding hydrogens is 343 g/mol. The Balaban J connectivity index is 1.56. The highest BCUT2D eigenvalue weighted by Crippen LogP contribution is 2.51. The molecule has 7 rings (SSSR count). The lowest BCUT2D eigenvalue weighted by Gasteiger charge is -2.30. The van der Waals surface area contributed by atoms with Crippen molar-refractivity contribution in [3.8, 4) is 11.4 Å². The van der Waals surface area contributed by atoms with Gasteiger partial charge in [0.2, 0.25) is 0 Å². The van der Waals surface area contributed by atoms with Crippen LogP contribution in [-0.2, 0) is 6.54 Å². The maximum absolute atomic E-state index is 2.50. The van der Waals surface area contributed by atoms with E-state index in [1.807, 2.05) is 0 Å². The van der Waals surface area contributed by atoms with Crippen LogP contribution in [0.4, 0.5) is 22.7 Å². The first-order valence-corrected chi connectivity index (χ1v) is 9.78. The number of aromatic nitrogens is 2. The molecule has 0 radical (unpaired) electrons. The van der Waals surface area contributed by atoms with Gasteiger partial charge in [0.1, 0.15) is 18.9 Å². The third kappa shape index (κ3) is 1.61. The molecule has 0 atom stereocenters. The van der Waals surface area contributed by atoms with Crippen molar-refractivity contribution in [1.29, 1.82) is 0 Å². The molecule has 4 heterocycles. The maximum Gasteiger partial charge on any atom is 0.643 e. The summed E-state index contributed by atoms with van der Waals surface area (Å²) in [6.07, 6.45) is 4.46. The van der Waals surface area contributed by atoms with Crippen LogP contribution >= 0.6 is 0 Å². The van der Waals surface area contributed by atoms with Crippen molar-refractivity contribution in [2.24, 2.45) is 0 Å². The van der Waals surface area contributed by atoms with Gasteiger partial charge in [-0.15, -0.1) is 0 Å². The molecule has 0 unspecified atom stereocenters. The number of anilines is 4. The molecule has 28 heavy (non-hydrogen) atoms. The number of para-hydroxylation sites is 2. The molecule has 1 aromatic heterocycles. The van der Waals surface area contributed by atoms with E-state index in [1.165, 1.54) is 45.3 Å². The summed E-state index contributed by atoms with van der Waals surface area (Å²) < 4.78 is 4.81. The van der Waals surface area contributed by atoms with Gasteiger partial charge >= 0.3 is 7.12 Å². The average molecular weight is 361 g/mol. The number of imidazole rings is 1. The Bertz CT molecular complexity index is 1270. The van der Waals surface area contributed by atoms with E-state index < -0.39 is 0 Å². The Labute approximate surface area is 164 Å². The van der Waals surface area contributed by atoms with Crippen LogP contribution in [0.25, 0.3) is 11.4 Å². The van der Waals surface area contributed by atoms with E-state index in [9.17, 15) is 0 Å². The smallest absolute Gasteiger partial charge is 0.320 e. The molecule has 3 aromatic carbocycles. The highest BCUT2D eigenvalue weighted by atomic mass is 15.4. The molecular formula is C23H18BN4+. The average Bonchev–Trinajstić information content (AvgIpc) is 3.39. The van der Waals surface area contributed by atoms with E-state index in [1.54, 1.807) is 0 Å². The normalized spacial score (nSPS) is 15.0. The lowest BCUT2D eigenvalue weighted by atomic mass is 9.82. The first-order chi connectivity index (χ1) is 13.8. The molecule has 3 aliphatic heterocycles. The Hall–Kier alpha value is -3.47. The SMILES string of the molecule is Cc1ccc(N2B3N(c4ccccc42)c2cccc4c2-c2n(cc[n+]23)C4)cc1. The number of nitrogens with zero attached hydrogens (tertiary/aromatic N) is 4. The van der Waals surface area contributed by atoms with Crippen molar-refractivity contribution in [1.82, 2.24) is 4.57 Å². The highest BCUT2D eigenvalue weighted by molar-refractivity contribution is 6.66. The molecule has 4 aromatic rings. The fourth-order valence-corrected chi connectivity index (χ4v) is 5.11. The van der Waals surface area contributed by atoms with Crippen molar-refractivity contribution < 1.29 is 4.48 Å². The largest absolute Gasteiger partial charge is 0.643 e.